The van der Waals surface area contributed by atoms with Crippen LogP contribution in [0.15, 0.2) is 53.6 Å². The van der Waals surface area contributed by atoms with Gasteiger partial charge in [-0.1, -0.05) is 18.2 Å². The quantitative estimate of drug-likeness (QED) is 0.570. The van der Waals surface area contributed by atoms with Gasteiger partial charge in [-0.2, -0.15) is 5.10 Å². The molecule has 0 fully saturated rings. The van der Waals surface area contributed by atoms with Crippen LogP contribution in [0.4, 0.5) is 5.69 Å². The second-order valence-electron chi connectivity index (χ2n) is 5.31. The van der Waals surface area contributed by atoms with Crippen LogP contribution < -0.4 is 14.9 Å². The van der Waals surface area contributed by atoms with Gasteiger partial charge in [-0.3, -0.25) is 10.4 Å². The number of hydrazone groups is 1. The smallest absolute Gasteiger partial charge is 0.127 e. The maximum Gasteiger partial charge on any atom is 0.127 e. The maximum absolute atomic E-state index is 5.35. The van der Waals surface area contributed by atoms with Gasteiger partial charge < -0.3 is 9.47 Å². The van der Waals surface area contributed by atoms with Crippen LogP contribution >= 0.6 is 0 Å². The molecule has 1 aromatic heterocycles. The fourth-order valence-corrected chi connectivity index (χ4v) is 2.51. The van der Waals surface area contributed by atoms with Gasteiger partial charge in [0.05, 0.1) is 31.6 Å². The number of nitrogens with zero attached hydrogens (tertiary/aromatic N) is 2. The highest BCUT2D eigenvalue weighted by atomic mass is 16.5. The minimum Gasteiger partial charge on any atom is -0.497 e. The van der Waals surface area contributed by atoms with Crippen LogP contribution in [0.2, 0.25) is 0 Å². The number of hydrogen-bond acceptors (Lipinski definition) is 5. The van der Waals surface area contributed by atoms with Crippen molar-refractivity contribution < 1.29 is 9.47 Å². The molecule has 0 saturated carbocycles. The molecule has 122 valence electrons. The Morgan fingerprint density at radius 3 is 2.67 bits per heavy atom. The van der Waals surface area contributed by atoms with E-state index in [2.05, 4.69) is 15.5 Å². The van der Waals surface area contributed by atoms with Gasteiger partial charge in [0, 0.05) is 16.6 Å². The van der Waals surface area contributed by atoms with Gasteiger partial charge in [0.25, 0.3) is 0 Å². The molecule has 0 aliphatic carbocycles. The second kappa shape index (κ2) is 7.00. The molecule has 0 atom stereocenters. The third kappa shape index (κ3) is 3.30. The van der Waals surface area contributed by atoms with Crippen LogP contribution in [0, 0.1) is 6.92 Å². The zero-order valence-electron chi connectivity index (χ0n) is 13.9. The summed E-state index contributed by atoms with van der Waals surface area (Å²) < 4.78 is 10.6. The number of ether oxygens (including phenoxy) is 2. The first kappa shape index (κ1) is 15.8. The highest BCUT2D eigenvalue weighted by Crippen LogP contribution is 2.24. The molecule has 1 heterocycles. The van der Waals surface area contributed by atoms with Crippen LogP contribution in [0.5, 0.6) is 11.5 Å². The van der Waals surface area contributed by atoms with Crippen molar-refractivity contribution in [1.82, 2.24) is 4.98 Å². The zero-order valence-corrected chi connectivity index (χ0v) is 13.9. The van der Waals surface area contributed by atoms with E-state index in [1.807, 2.05) is 55.5 Å². The Kier molecular flexibility index (Phi) is 4.61. The molecule has 5 nitrogen and oxygen atoms in total. The number of fused-ring (bicyclic) bond motifs is 1. The van der Waals surface area contributed by atoms with E-state index in [9.17, 15) is 0 Å². The summed E-state index contributed by atoms with van der Waals surface area (Å²) in [7, 11) is 3.26. The third-order valence-electron chi connectivity index (χ3n) is 3.67. The average Bonchev–Trinajstić information content (AvgIpc) is 2.61. The first-order valence-corrected chi connectivity index (χ1v) is 7.59. The normalized spacial score (nSPS) is 11.0. The fourth-order valence-electron chi connectivity index (χ4n) is 2.51. The lowest BCUT2D eigenvalue weighted by Crippen LogP contribution is -1.97. The number of rotatable bonds is 5. The van der Waals surface area contributed by atoms with Crippen LogP contribution in [0.25, 0.3) is 10.9 Å². The molecule has 5 heteroatoms. The number of aryl methyl sites for hydroxylation is 1. The van der Waals surface area contributed by atoms with E-state index < -0.39 is 0 Å². The molecular weight excluding hydrogens is 302 g/mol. The molecule has 0 aliphatic heterocycles. The Morgan fingerprint density at radius 2 is 1.88 bits per heavy atom. The molecule has 0 saturated heterocycles. The lowest BCUT2D eigenvalue weighted by Gasteiger charge is -2.08. The largest absolute Gasteiger partial charge is 0.497 e. The van der Waals surface area contributed by atoms with E-state index in [4.69, 9.17) is 9.47 Å². The molecule has 0 spiro atoms. The number of benzene rings is 2. The molecule has 0 radical (unpaired) electrons. The summed E-state index contributed by atoms with van der Waals surface area (Å²) in [5.74, 6) is 1.49. The van der Waals surface area contributed by atoms with Crippen molar-refractivity contribution in [3.05, 3.63) is 59.8 Å². The molecule has 0 bridgehead atoms. The summed E-state index contributed by atoms with van der Waals surface area (Å²) >= 11 is 0. The van der Waals surface area contributed by atoms with Gasteiger partial charge in [0.1, 0.15) is 11.5 Å². The van der Waals surface area contributed by atoms with Crippen molar-refractivity contribution in [3.8, 4) is 11.5 Å². The van der Waals surface area contributed by atoms with Crippen LogP contribution in [-0.2, 0) is 0 Å². The molecule has 3 aromatic rings. The molecule has 0 unspecified atom stereocenters. The average molecular weight is 321 g/mol. The number of aromatic nitrogens is 1. The third-order valence-corrected chi connectivity index (χ3v) is 3.67. The summed E-state index contributed by atoms with van der Waals surface area (Å²) in [4.78, 5) is 4.52. The van der Waals surface area contributed by atoms with Crippen LogP contribution in [0.1, 0.15) is 11.3 Å². The highest BCUT2D eigenvalue weighted by Gasteiger charge is 2.04. The zero-order chi connectivity index (χ0) is 16.9. The summed E-state index contributed by atoms with van der Waals surface area (Å²) in [5, 5.41) is 5.37. The van der Waals surface area contributed by atoms with E-state index in [1.54, 1.807) is 20.4 Å². The molecule has 3 rings (SSSR count). The summed E-state index contributed by atoms with van der Waals surface area (Å²) in [6.07, 6.45) is 1.71. The number of para-hydroxylation sites is 1. The van der Waals surface area contributed by atoms with Crippen molar-refractivity contribution in [2.75, 3.05) is 19.6 Å². The van der Waals surface area contributed by atoms with Gasteiger partial charge in [0.15, 0.2) is 0 Å². The Labute approximate surface area is 140 Å². The summed E-state index contributed by atoms with van der Waals surface area (Å²) in [5.41, 5.74) is 6.72. The number of pyridine rings is 1. The Balaban J connectivity index is 1.90. The predicted molar refractivity (Wildman–Crippen MR) is 97.2 cm³/mol. The minimum atomic E-state index is 0.733. The first-order valence-electron chi connectivity index (χ1n) is 7.59. The number of nitrogens with one attached hydrogen (secondary N) is 1. The topological polar surface area (TPSA) is 55.7 Å². The first-order chi connectivity index (χ1) is 11.7. The Hall–Kier alpha value is -3.08. The molecule has 0 amide bonds. The van der Waals surface area contributed by atoms with E-state index >= 15 is 0 Å². The van der Waals surface area contributed by atoms with Crippen LogP contribution in [0.3, 0.4) is 0 Å². The SMILES string of the molecule is COc1ccc(OC)c(/C=N/Nc2cc(C)nc3ccccc23)c1. The van der Waals surface area contributed by atoms with Gasteiger partial charge in [-0.25, -0.2) is 0 Å². The Morgan fingerprint density at radius 1 is 1.04 bits per heavy atom. The van der Waals surface area contributed by atoms with Crippen LogP contribution in [-0.4, -0.2) is 25.4 Å². The Bertz CT molecular complexity index is 891. The van der Waals surface area contributed by atoms with E-state index in [1.165, 1.54) is 0 Å². The minimum absolute atomic E-state index is 0.733. The molecular formula is C19H19N3O2. The summed E-state index contributed by atoms with van der Waals surface area (Å²) in [6, 6.07) is 15.5. The predicted octanol–water partition coefficient (Wildman–Crippen LogP) is 4.01. The maximum atomic E-state index is 5.35. The molecule has 2 aromatic carbocycles. The van der Waals surface area contributed by atoms with E-state index in [0.717, 1.165) is 39.3 Å². The van der Waals surface area contributed by atoms with Gasteiger partial charge in [0.2, 0.25) is 0 Å². The lowest BCUT2D eigenvalue weighted by molar-refractivity contribution is 0.402. The number of hydrogen-bond donors (Lipinski definition) is 1. The van der Waals surface area contributed by atoms with E-state index in [0.29, 0.717) is 0 Å². The monoisotopic (exact) mass is 321 g/mol. The van der Waals surface area contributed by atoms with Crippen molar-refractivity contribution in [3.63, 3.8) is 0 Å². The lowest BCUT2D eigenvalue weighted by atomic mass is 10.1. The van der Waals surface area contributed by atoms with Crippen molar-refractivity contribution >= 4 is 22.8 Å². The van der Waals surface area contributed by atoms with Gasteiger partial charge in [-0.15, -0.1) is 0 Å². The molecule has 1 N–H and O–H groups in total. The van der Waals surface area contributed by atoms with Gasteiger partial charge in [-0.05, 0) is 37.3 Å². The molecule has 0 aliphatic rings. The fraction of sp³-hybridized carbons (Fsp3) is 0.158. The van der Waals surface area contributed by atoms with Gasteiger partial charge >= 0.3 is 0 Å². The molecule has 24 heavy (non-hydrogen) atoms. The highest BCUT2D eigenvalue weighted by molar-refractivity contribution is 5.92. The second-order valence-corrected chi connectivity index (χ2v) is 5.31. The van der Waals surface area contributed by atoms with Crippen molar-refractivity contribution in [2.45, 2.75) is 6.92 Å². The van der Waals surface area contributed by atoms with E-state index in [-0.39, 0.29) is 0 Å². The van der Waals surface area contributed by atoms with Crippen molar-refractivity contribution in [1.29, 1.82) is 0 Å². The number of methoxy groups -OCH3 is 2. The summed E-state index contributed by atoms with van der Waals surface area (Å²) in [6.45, 7) is 1.96. The standard InChI is InChI=1S/C19H19N3O2/c1-13-10-18(16-6-4-5-7-17(16)21-13)22-20-12-14-11-15(23-2)8-9-19(14)24-3/h4-12H,1-3H3,(H,21,22)/b20-12+. The van der Waals surface area contributed by atoms with Crippen molar-refractivity contribution in [2.24, 2.45) is 5.10 Å². The number of anilines is 1.